The predicted molar refractivity (Wildman–Crippen MR) is 49.6 cm³/mol. The number of halogens is 1. The predicted octanol–water partition coefficient (Wildman–Crippen LogP) is 2.44. The van der Waals surface area contributed by atoms with Crippen LogP contribution < -0.4 is 4.74 Å². The molecule has 3 nitrogen and oxygen atoms in total. The zero-order chi connectivity index (χ0) is 9.84. The third-order valence-electron chi connectivity index (χ3n) is 1.47. The summed E-state index contributed by atoms with van der Waals surface area (Å²) in [6, 6.07) is 4.52. The molecule has 0 spiro atoms. The van der Waals surface area contributed by atoms with Crippen molar-refractivity contribution in [2.45, 2.75) is 6.92 Å². The molecule has 0 heterocycles. The third kappa shape index (κ3) is 2.36. The molecule has 0 fully saturated rings. The van der Waals surface area contributed by atoms with Crippen LogP contribution in [-0.2, 0) is 0 Å². The fraction of sp³-hybridized carbons (Fsp3) is 0.222. The lowest BCUT2D eigenvalue weighted by Crippen LogP contribution is -2.02. The van der Waals surface area contributed by atoms with E-state index < -0.39 is 5.97 Å². The molecule has 0 aliphatic heterocycles. The first-order chi connectivity index (χ1) is 6.15. The maximum absolute atomic E-state index is 10.7. The number of carbonyl (C=O) groups is 1. The van der Waals surface area contributed by atoms with Gasteiger partial charge in [-0.05, 0) is 25.1 Å². The summed E-state index contributed by atoms with van der Waals surface area (Å²) in [4.78, 5) is 10.7. The van der Waals surface area contributed by atoms with Crippen molar-refractivity contribution in [1.29, 1.82) is 0 Å². The molecule has 1 aromatic carbocycles. The monoisotopic (exact) mass is 200 g/mol. The lowest BCUT2D eigenvalue weighted by atomic mass is 10.2. The molecule has 0 bridgehead atoms. The van der Waals surface area contributed by atoms with E-state index in [1.54, 1.807) is 19.1 Å². The Labute approximate surface area is 80.9 Å². The normalized spacial score (nSPS) is 9.69. The summed E-state index contributed by atoms with van der Waals surface area (Å²) in [6.07, 6.45) is 0. The Morgan fingerprint density at radius 1 is 1.62 bits per heavy atom. The average molecular weight is 201 g/mol. The molecule has 0 saturated heterocycles. The van der Waals surface area contributed by atoms with Gasteiger partial charge in [-0.1, -0.05) is 11.6 Å². The summed E-state index contributed by atoms with van der Waals surface area (Å²) in [5, 5.41) is 9.17. The molecule has 0 aliphatic rings. The van der Waals surface area contributed by atoms with Crippen molar-refractivity contribution in [3.8, 4) is 5.75 Å². The average Bonchev–Trinajstić information content (AvgIpc) is 2.08. The van der Waals surface area contributed by atoms with Gasteiger partial charge in [-0.15, -0.1) is 0 Å². The molecule has 0 saturated carbocycles. The van der Waals surface area contributed by atoms with E-state index in [4.69, 9.17) is 21.4 Å². The molecule has 0 amide bonds. The zero-order valence-electron chi connectivity index (χ0n) is 7.08. The topological polar surface area (TPSA) is 46.5 Å². The van der Waals surface area contributed by atoms with Crippen molar-refractivity contribution in [2.24, 2.45) is 0 Å². The van der Waals surface area contributed by atoms with Crippen LogP contribution in [0.4, 0.5) is 0 Å². The Balaban J connectivity index is 3.10. The Kier molecular flexibility index (Phi) is 3.14. The van der Waals surface area contributed by atoms with Crippen LogP contribution in [0.5, 0.6) is 5.75 Å². The summed E-state index contributed by atoms with van der Waals surface area (Å²) in [5.74, 6) is -0.689. The minimum absolute atomic E-state index is 0.0920. The second-order valence-electron chi connectivity index (χ2n) is 2.38. The Hall–Kier alpha value is -1.22. The molecule has 1 aromatic rings. The maximum atomic E-state index is 10.7. The van der Waals surface area contributed by atoms with Crippen molar-refractivity contribution in [3.63, 3.8) is 0 Å². The molecule has 1 N–H and O–H groups in total. The molecule has 0 aliphatic carbocycles. The van der Waals surface area contributed by atoms with Gasteiger partial charge in [0.15, 0.2) is 0 Å². The summed E-state index contributed by atoms with van der Waals surface area (Å²) in [6.45, 7) is 2.22. The molecule has 0 aromatic heterocycles. The van der Waals surface area contributed by atoms with Crippen molar-refractivity contribution in [2.75, 3.05) is 6.61 Å². The molecule has 0 radical (unpaired) electrons. The minimum atomic E-state index is -1.04. The number of rotatable bonds is 3. The van der Waals surface area contributed by atoms with E-state index in [9.17, 15) is 4.79 Å². The SMILES string of the molecule is CCOc1ccc(Cl)cc1C(=O)O. The van der Waals surface area contributed by atoms with Gasteiger partial charge in [0, 0.05) is 5.02 Å². The second-order valence-corrected chi connectivity index (χ2v) is 2.82. The zero-order valence-corrected chi connectivity index (χ0v) is 7.84. The Bertz CT molecular complexity index is 323. The largest absolute Gasteiger partial charge is 0.493 e. The highest BCUT2D eigenvalue weighted by atomic mass is 35.5. The highest BCUT2D eigenvalue weighted by Crippen LogP contribution is 2.22. The first-order valence-corrected chi connectivity index (χ1v) is 4.18. The van der Waals surface area contributed by atoms with E-state index >= 15 is 0 Å². The van der Waals surface area contributed by atoms with E-state index in [1.165, 1.54) is 6.07 Å². The van der Waals surface area contributed by atoms with Gasteiger partial charge in [-0.3, -0.25) is 0 Å². The van der Waals surface area contributed by atoms with Crippen LogP contribution in [0.15, 0.2) is 18.2 Å². The number of aromatic carboxylic acids is 1. The molecular formula is C9H9ClO3. The van der Waals surface area contributed by atoms with Gasteiger partial charge >= 0.3 is 5.97 Å². The Morgan fingerprint density at radius 3 is 2.85 bits per heavy atom. The fourth-order valence-electron chi connectivity index (χ4n) is 0.951. The number of hydrogen-bond donors (Lipinski definition) is 1. The van der Waals surface area contributed by atoms with E-state index in [-0.39, 0.29) is 5.56 Å². The summed E-state index contributed by atoms with van der Waals surface area (Å²) in [5.41, 5.74) is 0.0920. The van der Waals surface area contributed by atoms with Gasteiger partial charge in [-0.2, -0.15) is 0 Å². The van der Waals surface area contributed by atoms with E-state index in [0.717, 1.165) is 0 Å². The molecule has 0 atom stereocenters. The van der Waals surface area contributed by atoms with Gasteiger partial charge in [-0.25, -0.2) is 4.79 Å². The number of carboxylic acid groups (broad SMARTS) is 1. The van der Waals surface area contributed by atoms with Gasteiger partial charge < -0.3 is 9.84 Å². The van der Waals surface area contributed by atoms with Crippen molar-refractivity contribution in [3.05, 3.63) is 28.8 Å². The standard InChI is InChI=1S/C9H9ClO3/c1-2-13-8-4-3-6(10)5-7(8)9(11)12/h3-5H,2H2,1H3,(H,11,12). The summed E-state index contributed by atoms with van der Waals surface area (Å²) < 4.78 is 5.11. The fourth-order valence-corrected chi connectivity index (χ4v) is 1.12. The van der Waals surface area contributed by atoms with Gasteiger partial charge in [0.25, 0.3) is 0 Å². The van der Waals surface area contributed by atoms with Crippen molar-refractivity contribution < 1.29 is 14.6 Å². The highest BCUT2D eigenvalue weighted by molar-refractivity contribution is 6.31. The van der Waals surface area contributed by atoms with Crippen LogP contribution >= 0.6 is 11.6 Å². The quantitative estimate of drug-likeness (QED) is 0.815. The first kappa shape index (κ1) is 9.86. The summed E-state index contributed by atoms with van der Waals surface area (Å²) >= 11 is 5.64. The molecule has 70 valence electrons. The van der Waals surface area contributed by atoms with E-state index in [2.05, 4.69) is 0 Å². The van der Waals surface area contributed by atoms with Crippen molar-refractivity contribution in [1.82, 2.24) is 0 Å². The van der Waals surface area contributed by atoms with Gasteiger partial charge in [0.2, 0.25) is 0 Å². The van der Waals surface area contributed by atoms with Crippen molar-refractivity contribution >= 4 is 17.6 Å². The van der Waals surface area contributed by atoms with E-state index in [0.29, 0.717) is 17.4 Å². The lowest BCUT2D eigenvalue weighted by molar-refractivity contribution is 0.0692. The smallest absolute Gasteiger partial charge is 0.339 e. The third-order valence-corrected chi connectivity index (χ3v) is 1.71. The van der Waals surface area contributed by atoms with E-state index in [1.807, 2.05) is 0 Å². The molecule has 4 heteroatoms. The number of hydrogen-bond acceptors (Lipinski definition) is 2. The van der Waals surface area contributed by atoms with Crippen LogP contribution in [-0.4, -0.2) is 17.7 Å². The minimum Gasteiger partial charge on any atom is -0.493 e. The van der Waals surface area contributed by atoms with Crippen LogP contribution in [0.25, 0.3) is 0 Å². The van der Waals surface area contributed by atoms with Crippen LogP contribution in [0.1, 0.15) is 17.3 Å². The second kappa shape index (κ2) is 4.14. The number of benzene rings is 1. The number of carboxylic acids is 1. The van der Waals surface area contributed by atoms with Gasteiger partial charge in [0.05, 0.1) is 6.61 Å². The molecule has 0 unspecified atom stereocenters. The van der Waals surface area contributed by atoms with Crippen LogP contribution in [0.2, 0.25) is 5.02 Å². The maximum Gasteiger partial charge on any atom is 0.339 e. The highest BCUT2D eigenvalue weighted by Gasteiger charge is 2.10. The Morgan fingerprint density at radius 2 is 2.31 bits per heavy atom. The molecule has 1 rings (SSSR count). The summed E-state index contributed by atoms with van der Waals surface area (Å²) in [7, 11) is 0. The molecule has 13 heavy (non-hydrogen) atoms. The van der Waals surface area contributed by atoms with Crippen LogP contribution in [0.3, 0.4) is 0 Å². The molecular weight excluding hydrogens is 192 g/mol. The number of ether oxygens (including phenoxy) is 1. The first-order valence-electron chi connectivity index (χ1n) is 3.80. The lowest BCUT2D eigenvalue weighted by Gasteiger charge is -2.06. The van der Waals surface area contributed by atoms with Crippen LogP contribution in [0, 0.1) is 0 Å². The van der Waals surface area contributed by atoms with Gasteiger partial charge in [0.1, 0.15) is 11.3 Å².